The molecule has 1 amide bonds. The number of hydrogen-bond donors (Lipinski definition) is 3. The molecule has 0 radical (unpaired) electrons. The van der Waals surface area contributed by atoms with Gasteiger partial charge < -0.3 is 21.9 Å². The van der Waals surface area contributed by atoms with Crippen LogP contribution in [0.15, 0.2) is 24.3 Å². The molecule has 0 aliphatic rings. The second kappa shape index (κ2) is 5.75. The van der Waals surface area contributed by atoms with E-state index in [1.165, 1.54) is 0 Å². The van der Waals surface area contributed by atoms with Crippen molar-refractivity contribution < 1.29 is 9.53 Å². The molecule has 0 bridgehead atoms. The number of amides is 1. The standard InChI is InChI=1S/C13H12N6O2/c14-5-8-11(18-13(17)19-12(8)16)7-3-1-2-4-9(7)21-6-10(15)20/h1-4H,6H2,(H2,15,20)(H4,16,17,18,19). The topological polar surface area (TPSA) is 154 Å². The summed E-state index contributed by atoms with van der Waals surface area (Å²) < 4.78 is 5.31. The van der Waals surface area contributed by atoms with Gasteiger partial charge in [0, 0.05) is 5.56 Å². The van der Waals surface area contributed by atoms with E-state index >= 15 is 0 Å². The number of aromatic nitrogens is 2. The molecule has 0 atom stereocenters. The summed E-state index contributed by atoms with van der Waals surface area (Å²) >= 11 is 0. The van der Waals surface area contributed by atoms with Crippen molar-refractivity contribution in [3.8, 4) is 23.1 Å². The predicted molar refractivity (Wildman–Crippen MR) is 75.7 cm³/mol. The summed E-state index contributed by atoms with van der Waals surface area (Å²) in [5.74, 6) is -0.367. The van der Waals surface area contributed by atoms with Crippen molar-refractivity contribution in [3.63, 3.8) is 0 Å². The Bertz CT molecular complexity index is 738. The normalized spacial score (nSPS) is 9.86. The Morgan fingerprint density at radius 2 is 2.00 bits per heavy atom. The molecule has 6 N–H and O–H groups in total. The summed E-state index contributed by atoms with van der Waals surface area (Å²) in [5, 5.41) is 9.19. The van der Waals surface area contributed by atoms with Crippen LogP contribution in [0, 0.1) is 11.3 Å². The van der Waals surface area contributed by atoms with Crippen LogP contribution in [0.4, 0.5) is 11.8 Å². The summed E-state index contributed by atoms with van der Waals surface area (Å²) in [7, 11) is 0. The van der Waals surface area contributed by atoms with E-state index in [9.17, 15) is 10.1 Å². The van der Waals surface area contributed by atoms with Gasteiger partial charge in [-0.1, -0.05) is 12.1 Å². The van der Waals surface area contributed by atoms with Gasteiger partial charge in [-0.2, -0.15) is 10.2 Å². The molecule has 1 aromatic carbocycles. The highest BCUT2D eigenvalue weighted by Gasteiger charge is 2.16. The maximum Gasteiger partial charge on any atom is 0.255 e. The van der Waals surface area contributed by atoms with E-state index in [1.54, 1.807) is 24.3 Å². The van der Waals surface area contributed by atoms with Crippen LogP contribution in [-0.2, 0) is 4.79 Å². The van der Waals surface area contributed by atoms with E-state index in [0.717, 1.165) is 0 Å². The number of nitrogens with two attached hydrogens (primary N) is 3. The van der Waals surface area contributed by atoms with Crippen molar-refractivity contribution in [2.45, 2.75) is 0 Å². The Hall–Kier alpha value is -3.34. The van der Waals surface area contributed by atoms with Crippen LogP contribution in [0.1, 0.15) is 5.56 Å². The van der Waals surface area contributed by atoms with Crippen LogP contribution in [0.2, 0.25) is 0 Å². The molecule has 8 nitrogen and oxygen atoms in total. The monoisotopic (exact) mass is 284 g/mol. The molecule has 0 aliphatic heterocycles. The number of carbonyl (C=O) groups is 1. The maximum atomic E-state index is 10.8. The van der Waals surface area contributed by atoms with Crippen molar-refractivity contribution in [2.24, 2.45) is 5.73 Å². The summed E-state index contributed by atoms with van der Waals surface area (Å²) in [5.41, 5.74) is 17.1. The number of benzene rings is 1. The zero-order valence-electron chi connectivity index (χ0n) is 10.9. The van der Waals surface area contributed by atoms with E-state index in [2.05, 4.69) is 9.97 Å². The van der Waals surface area contributed by atoms with Crippen molar-refractivity contribution in [2.75, 3.05) is 18.1 Å². The number of hydrogen-bond acceptors (Lipinski definition) is 7. The Morgan fingerprint density at radius 3 is 2.67 bits per heavy atom. The van der Waals surface area contributed by atoms with Gasteiger partial charge in [0.1, 0.15) is 23.2 Å². The van der Waals surface area contributed by atoms with Crippen LogP contribution >= 0.6 is 0 Å². The van der Waals surface area contributed by atoms with Crippen LogP contribution in [0.5, 0.6) is 5.75 Å². The van der Waals surface area contributed by atoms with Crippen LogP contribution in [-0.4, -0.2) is 22.5 Å². The second-order valence-corrected chi connectivity index (χ2v) is 4.05. The lowest BCUT2D eigenvalue weighted by Crippen LogP contribution is -2.20. The van der Waals surface area contributed by atoms with E-state index in [-0.39, 0.29) is 29.6 Å². The molecule has 0 spiro atoms. The Labute approximate surface area is 120 Å². The highest BCUT2D eigenvalue weighted by atomic mass is 16.5. The third-order valence-electron chi connectivity index (χ3n) is 2.58. The van der Waals surface area contributed by atoms with Gasteiger partial charge in [0.15, 0.2) is 6.61 Å². The first-order chi connectivity index (χ1) is 10.0. The molecule has 0 unspecified atom stereocenters. The zero-order chi connectivity index (χ0) is 15.4. The summed E-state index contributed by atoms with van der Waals surface area (Å²) in [6, 6.07) is 8.65. The van der Waals surface area contributed by atoms with Gasteiger partial charge in [-0.05, 0) is 12.1 Å². The molecule has 8 heteroatoms. The fourth-order valence-corrected chi connectivity index (χ4v) is 1.74. The van der Waals surface area contributed by atoms with Crippen LogP contribution < -0.4 is 21.9 Å². The van der Waals surface area contributed by atoms with E-state index in [1.807, 2.05) is 6.07 Å². The second-order valence-electron chi connectivity index (χ2n) is 4.05. The van der Waals surface area contributed by atoms with Crippen LogP contribution in [0.3, 0.4) is 0 Å². The van der Waals surface area contributed by atoms with Crippen molar-refractivity contribution in [1.29, 1.82) is 5.26 Å². The molecular weight excluding hydrogens is 272 g/mol. The van der Waals surface area contributed by atoms with Gasteiger partial charge in [-0.25, -0.2) is 4.98 Å². The minimum atomic E-state index is -0.618. The number of nitrogens with zero attached hydrogens (tertiary/aromatic N) is 3. The van der Waals surface area contributed by atoms with Gasteiger partial charge in [-0.15, -0.1) is 0 Å². The molecule has 1 heterocycles. The number of nitrogen functional groups attached to an aromatic ring is 2. The zero-order valence-corrected chi connectivity index (χ0v) is 10.9. The molecule has 1 aromatic heterocycles. The maximum absolute atomic E-state index is 10.8. The molecule has 0 fully saturated rings. The molecule has 2 rings (SSSR count). The lowest BCUT2D eigenvalue weighted by molar-refractivity contribution is -0.119. The fourth-order valence-electron chi connectivity index (χ4n) is 1.74. The Morgan fingerprint density at radius 1 is 1.29 bits per heavy atom. The molecule has 21 heavy (non-hydrogen) atoms. The summed E-state index contributed by atoms with van der Waals surface area (Å²) in [6.45, 7) is -0.297. The minimum Gasteiger partial charge on any atom is -0.483 e. The van der Waals surface area contributed by atoms with Crippen molar-refractivity contribution in [3.05, 3.63) is 29.8 Å². The van der Waals surface area contributed by atoms with E-state index in [0.29, 0.717) is 11.3 Å². The quantitative estimate of drug-likeness (QED) is 0.716. The van der Waals surface area contributed by atoms with E-state index < -0.39 is 5.91 Å². The average Bonchev–Trinajstić information content (AvgIpc) is 2.44. The SMILES string of the molecule is N#Cc1c(N)nc(N)nc1-c1ccccc1OCC(N)=O. The predicted octanol–water partition coefficient (Wildman–Crippen LogP) is 0.0438. The molecule has 106 valence electrons. The average molecular weight is 284 g/mol. The minimum absolute atomic E-state index is 0.0234. The van der Waals surface area contributed by atoms with Gasteiger partial charge in [-0.3, -0.25) is 4.79 Å². The number of para-hydroxylation sites is 1. The highest BCUT2D eigenvalue weighted by Crippen LogP contribution is 2.32. The number of primary amides is 1. The third-order valence-corrected chi connectivity index (χ3v) is 2.58. The number of anilines is 2. The highest BCUT2D eigenvalue weighted by molar-refractivity contribution is 5.78. The molecule has 2 aromatic rings. The Balaban J connectivity index is 2.57. The number of carbonyl (C=O) groups excluding carboxylic acids is 1. The first kappa shape index (κ1) is 14.1. The van der Waals surface area contributed by atoms with Gasteiger partial charge in [0.2, 0.25) is 5.95 Å². The third kappa shape index (κ3) is 2.98. The van der Waals surface area contributed by atoms with E-state index in [4.69, 9.17) is 21.9 Å². The van der Waals surface area contributed by atoms with Gasteiger partial charge in [0.05, 0.1) is 5.69 Å². The smallest absolute Gasteiger partial charge is 0.255 e. The largest absolute Gasteiger partial charge is 0.483 e. The first-order valence-electron chi connectivity index (χ1n) is 5.86. The van der Waals surface area contributed by atoms with Crippen LogP contribution in [0.25, 0.3) is 11.3 Å². The number of rotatable bonds is 4. The molecule has 0 aliphatic carbocycles. The Kier molecular flexibility index (Phi) is 3.85. The van der Waals surface area contributed by atoms with Gasteiger partial charge >= 0.3 is 0 Å². The van der Waals surface area contributed by atoms with Crippen molar-refractivity contribution in [1.82, 2.24) is 9.97 Å². The first-order valence-corrected chi connectivity index (χ1v) is 5.86. The lowest BCUT2D eigenvalue weighted by atomic mass is 10.1. The molecular formula is C13H12N6O2. The summed E-state index contributed by atoms with van der Waals surface area (Å²) in [6.07, 6.45) is 0. The number of ether oxygens (including phenoxy) is 1. The van der Waals surface area contributed by atoms with Crippen molar-refractivity contribution >= 4 is 17.7 Å². The van der Waals surface area contributed by atoms with Gasteiger partial charge in [0.25, 0.3) is 5.91 Å². The number of nitriles is 1. The molecule has 0 saturated carbocycles. The molecule has 0 saturated heterocycles. The lowest BCUT2D eigenvalue weighted by Gasteiger charge is -2.11. The summed E-state index contributed by atoms with van der Waals surface area (Å²) in [4.78, 5) is 18.6. The fraction of sp³-hybridized carbons (Fsp3) is 0.0769.